The molecule has 0 atom stereocenters. The maximum absolute atomic E-state index is 3.85. The van der Waals surface area contributed by atoms with Gasteiger partial charge in [-0.05, 0) is 35.4 Å². The second-order valence-electron chi connectivity index (χ2n) is 1.04. The Bertz CT molecular complexity index is 126. The molecule has 2 nitrogen and oxygen atoms in total. The molecule has 0 aliphatic carbocycles. The summed E-state index contributed by atoms with van der Waals surface area (Å²) in [5.74, 6) is 0. The summed E-state index contributed by atoms with van der Waals surface area (Å²) in [6.45, 7) is 3.27. The second kappa shape index (κ2) is 4.96. The van der Waals surface area contributed by atoms with E-state index in [4.69, 9.17) is 0 Å². The van der Waals surface area contributed by atoms with Crippen LogP contribution in [-0.2, 0) is 0 Å². The Kier molecular flexibility index (Phi) is 4.84. The number of rotatable bonds is 2. The quantitative estimate of drug-likeness (QED) is 0.501. The van der Waals surface area contributed by atoms with Crippen LogP contribution in [0.4, 0.5) is 0 Å². The molecule has 8 heavy (non-hydrogen) atoms. The van der Waals surface area contributed by atoms with Gasteiger partial charge in [-0.25, -0.2) is 0 Å². The Hall–Kier alpha value is -0.190. The summed E-state index contributed by atoms with van der Waals surface area (Å²) in [4.78, 5) is 7.36. The number of hydrogen-bond acceptors (Lipinski definition) is 2. The maximum atomic E-state index is 3.85. The Morgan fingerprint density at radius 2 is 2.38 bits per heavy atom. The van der Waals surface area contributed by atoms with Crippen LogP contribution in [0.3, 0.4) is 0 Å². The lowest BCUT2D eigenvalue weighted by Gasteiger charge is -1.78. The predicted octanol–water partition coefficient (Wildman–Crippen LogP) is 1.66. The van der Waals surface area contributed by atoms with Crippen molar-refractivity contribution in [2.45, 2.75) is 0 Å². The molecule has 0 aliphatic rings. The van der Waals surface area contributed by atoms with Crippen LogP contribution < -0.4 is 0 Å². The first-order valence-corrected chi connectivity index (χ1v) is 3.13. The van der Waals surface area contributed by atoms with Crippen LogP contribution in [0.25, 0.3) is 0 Å². The lowest BCUT2D eigenvalue weighted by atomic mass is 10.7. The predicted molar refractivity (Wildman–Crippen MR) is 46.1 cm³/mol. The molecular weight excluding hydrogens is 215 g/mol. The molecule has 0 heterocycles. The molecule has 0 amide bonds. The van der Waals surface area contributed by atoms with Gasteiger partial charge in [0.2, 0.25) is 0 Å². The highest BCUT2D eigenvalue weighted by atomic mass is 127. The zero-order valence-electron chi connectivity index (χ0n) is 4.63. The maximum Gasteiger partial charge on any atom is 0.0965 e. The molecule has 0 aromatic heterocycles. The van der Waals surface area contributed by atoms with Crippen LogP contribution >= 0.6 is 22.6 Å². The smallest absolute Gasteiger partial charge is 0.0965 e. The molecule has 0 bridgehead atoms. The third-order valence-corrected chi connectivity index (χ3v) is 1.37. The normalized spacial score (nSPS) is 12.5. The van der Waals surface area contributed by atoms with Crippen molar-refractivity contribution in [3.63, 3.8) is 0 Å². The van der Waals surface area contributed by atoms with Gasteiger partial charge in [-0.2, -0.15) is 0 Å². The summed E-state index contributed by atoms with van der Waals surface area (Å²) in [6, 6.07) is 0. The van der Waals surface area contributed by atoms with Gasteiger partial charge < -0.3 is 0 Å². The van der Waals surface area contributed by atoms with E-state index in [-0.39, 0.29) is 0 Å². The van der Waals surface area contributed by atoms with Gasteiger partial charge in [-0.3, -0.25) is 9.98 Å². The first kappa shape index (κ1) is 7.81. The van der Waals surface area contributed by atoms with Gasteiger partial charge in [0.05, 0.1) is 3.72 Å². The topological polar surface area (TPSA) is 24.7 Å². The van der Waals surface area contributed by atoms with E-state index >= 15 is 0 Å². The third-order valence-electron chi connectivity index (χ3n) is 0.531. The van der Waals surface area contributed by atoms with Crippen LogP contribution in [0.2, 0.25) is 0 Å². The van der Waals surface area contributed by atoms with Crippen molar-refractivity contribution in [2.24, 2.45) is 9.98 Å². The average molecular weight is 222 g/mol. The third kappa shape index (κ3) is 3.98. The number of aliphatic imine (C=N–C) groups is 2. The largest absolute Gasteiger partial charge is 0.282 e. The molecule has 0 saturated heterocycles. The van der Waals surface area contributed by atoms with Crippen LogP contribution in [0.1, 0.15) is 0 Å². The molecule has 0 rings (SSSR count). The minimum Gasteiger partial charge on any atom is -0.282 e. The summed E-state index contributed by atoms with van der Waals surface area (Å²) >= 11 is 2.10. The van der Waals surface area contributed by atoms with Gasteiger partial charge in [-0.1, -0.05) is 0 Å². The fraction of sp³-hybridized carbons (Fsp3) is 0.200. The highest BCUT2D eigenvalue weighted by molar-refractivity contribution is 14.1. The van der Waals surface area contributed by atoms with Crippen LogP contribution in [-0.4, -0.2) is 17.5 Å². The molecule has 0 spiro atoms. The zero-order chi connectivity index (χ0) is 6.41. The molecule has 0 saturated carbocycles. The number of nitrogens with zero attached hydrogens (tertiary/aromatic N) is 2. The van der Waals surface area contributed by atoms with Crippen molar-refractivity contribution >= 4 is 33.0 Å². The Morgan fingerprint density at radius 3 is 2.75 bits per heavy atom. The van der Waals surface area contributed by atoms with E-state index in [1.54, 1.807) is 19.3 Å². The van der Waals surface area contributed by atoms with E-state index < -0.39 is 0 Å². The van der Waals surface area contributed by atoms with E-state index in [9.17, 15) is 0 Å². The van der Waals surface area contributed by atoms with Crippen LogP contribution in [0.15, 0.2) is 22.3 Å². The van der Waals surface area contributed by atoms with E-state index in [0.717, 1.165) is 3.72 Å². The lowest BCUT2D eigenvalue weighted by Crippen LogP contribution is -1.73. The van der Waals surface area contributed by atoms with Gasteiger partial charge in [0.15, 0.2) is 0 Å². The summed E-state index contributed by atoms with van der Waals surface area (Å²) in [5, 5.41) is 0. The van der Waals surface area contributed by atoms with Gasteiger partial charge in [0.25, 0.3) is 0 Å². The van der Waals surface area contributed by atoms with Crippen molar-refractivity contribution in [1.29, 1.82) is 0 Å². The zero-order valence-corrected chi connectivity index (χ0v) is 6.79. The molecule has 0 fully saturated rings. The number of halogens is 1. The Balaban J connectivity index is 3.69. The molecule has 0 aromatic rings. The highest BCUT2D eigenvalue weighted by Gasteiger charge is 1.76. The number of hydrogen-bond donors (Lipinski definition) is 0. The van der Waals surface area contributed by atoms with Gasteiger partial charge in [0.1, 0.15) is 0 Å². The van der Waals surface area contributed by atoms with E-state index in [1.165, 1.54) is 0 Å². The molecule has 0 aliphatic heterocycles. The SMILES string of the molecule is C=N/C=C\C(I)=NC. The van der Waals surface area contributed by atoms with Crippen LogP contribution in [0.5, 0.6) is 0 Å². The summed E-state index contributed by atoms with van der Waals surface area (Å²) in [6.07, 6.45) is 3.39. The highest BCUT2D eigenvalue weighted by Crippen LogP contribution is 1.90. The summed E-state index contributed by atoms with van der Waals surface area (Å²) in [7, 11) is 1.73. The minimum absolute atomic E-state index is 0.926. The van der Waals surface area contributed by atoms with E-state index in [2.05, 4.69) is 39.3 Å². The second-order valence-corrected chi connectivity index (χ2v) is 2.15. The average Bonchev–Trinajstić information content (AvgIpc) is 1.83. The molecule has 0 aromatic carbocycles. The van der Waals surface area contributed by atoms with Gasteiger partial charge in [-0.15, -0.1) is 0 Å². The van der Waals surface area contributed by atoms with Gasteiger partial charge in [0, 0.05) is 13.2 Å². The van der Waals surface area contributed by atoms with Crippen molar-refractivity contribution < 1.29 is 0 Å². The van der Waals surface area contributed by atoms with Crippen molar-refractivity contribution in [2.75, 3.05) is 7.05 Å². The molecule has 0 unspecified atom stereocenters. The molecule has 44 valence electrons. The van der Waals surface area contributed by atoms with Crippen molar-refractivity contribution in [3.8, 4) is 0 Å². The first-order chi connectivity index (χ1) is 3.81. The molecular formula is C5H7IN2. The standard InChI is InChI=1S/C5H7IN2/c1-7-4-3-5(6)8-2/h3-4H,1H2,2H3/b4-3-,8-5?. The van der Waals surface area contributed by atoms with Crippen LogP contribution in [0, 0.1) is 0 Å². The Morgan fingerprint density at radius 1 is 1.75 bits per heavy atom. The molecule has 0 radical (unpaired) electrons. The van der Waals surface area contributed by atoms with Gasteiger partial charge >= 0.3 is 0 Å². The molecule has 0 N–H and O–H groups in total. The van der Waals surface area contributed by atoms with Crippen molar-refractivity contribution in [1.82, 2.24) is 0 Å². The lowest BCUT2D eigenvalue weighted by molar-refractivity contribution is 1.47. The number of allylic oxidation sites excluding steroid dienone is 1. The van der Waals surface area contributed by atoms with E-state index in [0.29, 0.717) is 0 Å². The minimum atomic E-state index is 0.926. The fourth-order valence-electron chi connectivity index (χ4n) is 0.189. The summed E-state index contributed by atoms with van der Waals surface area (Å²) in [5.41, 5.74) is 0. The molecule has 3 heteroatoms. The Labute approximate surface area is 62.6 Å². The van der Waals surface area contributed by atoms with E-state index in [1.807, 2.05) is 0 Å². The monoisotopic (exact) mass is 222 g/mol. The van der Waals surface area contributed by atoms with Crippen molar-refractivity contribution in [3.05, 3.63) is 12.3 Å². The summed E-state index contributed by atoms with van der Waals surface area (Å²) < 4.78 is 0.926. The first-order valence-electron chi connectivity index (χ1n) is 2.06. The fourth-order valence-corrected chi connectivity index (χ4v) is 0.350.